The van der Waals surface area contributed by atoms with Crippen molar-refractivity contribution in [3.05, 3.63) is 0 Å². The van der Waals surface area contributed by atoms with Crippen molar-refractivity contribution >= 4 is 10.0 Å². The fourth-order valence-electron chi connectivity index (χ4n) is 1.95. The standard InChI is InChI=1S/C10H21NO3S/c1-9(2)7-15(13,14)11-8-10(12)5-3-4-6-10/h9,11-12H,3-8H2,1-2H3. The summed E-state index contributed by atoms with van der Waals surface area (Å²) in [6, 6.07) is 0. The maximum Gasteiger partial charge on any atom is 0.211 e. The summed E-state index contributed by atoms with van der Waals surface area (Å²) in [6.45, 7) is 3.90. The van der Waals surface area contributed by atoms with E-state index < -0.39 is 15.6 Å². The number of rotatable bonds is 5. The van der Waals surface area contributed by atoms with Crippen LogP contribution in [-0.4, -0.2) is 31.4 Å². The van der Waals surface area contributed by atoms with Gasteiger partial charge in [-0.15, -0.1) is 0 Å². The first-order valence-corrected chi connectivity index (χ1v) is 7.18. The van der Waals surface area contributed by atoms with Gasteiger partial charge >= 0.3 is 0 Å². The van der Waals surface area contributed by atoms with E-state index in [0.717, 1.165) is 12.8 Å². The molecule has 4 nitrogen and oxygen atoms in total. The normalized spacial score (nSPS) is 21.1. The molecule has 0 amide bonds. The Morgan fingerprint density at radius 2 is 1.87 bits per heavy atom. The van der Waals surface area contributed by atoms with Crippen molar-refractivity contribution in [3.63, 3.8) is 0 Å². The summed E-state index contributed by atoms with van der Waals surface area (Å²) in [5.74, 6) is 0.240. The Bertz CT molecular complexity index is 292. The molecule has 0 aliphatic heterocycles. The lowest BCUT2D eigenvalue weighted by Gasteiger charge is -2.22. The first kappa shape index (κ1) is 12.9. The predicted octanol–water partition coefficient (Wildman–Crippen LogP) is 0.867. The number of nitrogens with one attached hydrogen (secondary N) is 1. The Hall–Kier alpha value is -0.130. The highest BCUT2D eigenvalue weighted by Gasteiger charge is 2.32. The van der Waals surface area contributed by atoms with Gasteiger partial charge in [0, 0.05) is 6.54 Å². The summed E-state index contributed by atoms with van der Waals surface area (Å²) < 4.78 is 25.5. The van der Waals surface area contributed by atoms with Crippen LogP contribution in [0.2, 0.25) is 0 Å². The zero-order valence-electron chi connectivity index (χ0n) is 9.49. The van der Waals surface area contributed by atoms with Gasteiger partial charge in [0.15, 0.2) is 0 Å². The summed E-state index contributed by atoms with van der Waals surface area (Å²) in [4.78, 5) is 0. The van der Waals surface area contributed by atoms with Crippen LogP contribution >= 0.6 is 0 Å². The smallest absolute Gasteiger partial charge is 0.211 e. The molecule has 0 heterocycles. The van der Waals surface area contributed by atoms with Gasteiger partial charge in [-0.2, -0.15) is 0 Å². The predicted molar refractivity (Wildman–Crippen MR) is 60.0 cm³/mol. The number of hydrogen-bond donors (Lipinski definition) is 2. The first-order chi connectivity index (χ1) is 6.83. The Morgan fingerprint density at radius 3 is 2.33 bits per heavy atom. The molecule has 1 aliphatic rings. The van der Waals surface area contributed by atoms with E-state index in [-0.39, 0.29) is 18.2 Å². The maximum absolute atomic E-state index is 11.5. The van der Waals surface area contributed by atoms with E-state index in [4.69, 9.17) is 0 Å². The third-order valence-corrected chi connectivity index (χ3v) is 4.40. The van der Waals surface area contributed by atoms with Crippen molar-refractivity contribution in [1.82, 2.24) is 4.72 Å². The van der Waals surface area contributed by atoms with Gasteiger partial charge in [0.2, 0.25) is 10.0 Å². The topological polar surface area (TPSA) is 66.4 Å². The molecule has 0 unspecified atom stereocenters. The third kappa shape index (κ3) is 4.49. The van der Waals surface area contributed by atoms with Gasteiger partial charge in [0.1, 0.15) is 0 Å². The van der Waals surface area contributed by atoms with E-state index in [1.165, 1.54) is 0 Å². The SMILES string of the molecule is CC(C)CS(=O)(=O)NCC1(O)CCCC1. The Balaban J connectivity index is 2.42. The molecular formula is C10H21NO3S. The molecule has 0 saturated heterocycles. The Morgan fingerprint density at radius 1 is 1.33 bits per heavy atom. The summed E-state index contributed by atoms with van der Waals surface area (Å²) in [5.41, 5.74) is -0.802. The molecule has 2 N–H and O–H groups in total. The number of hydrogen-bond acceptors (Lipinski definition) is 3. The molecule has 5 heteroatoms. The largest absolute Gasteiger partial charge is 0.389 e. The molecule has 1 fully saturated rings. The number of sulfonamides is 1. The van der Waals surface area contributed by atoms with Crippen molar-refractivity contribution in [2.24, 2.45) is 5.92 Å². The monoisotopic (exact) mass is 235 g/mol. The van der Waals surface area contributed by atoms with E-state index in [0.29, 0.717) is 12.8 Å². The molecule has 0 atom stereocenters. The molecule has 0 bridgehead atoms. The van der Waals surface area contributed by atoms with E-state index >= 15 is 0 Å². The lowest BCUT2D eigenvalue weighted by atomic mass is 10.0. The zero-order chi connectivity index (χ0) is 11.5. The fraction of sp³-hybridized carbons (Fsp3) is 1.00. The lowest BCUT2D eigenvalue weighted by Crippen LogP contribution is -2.42. The van der Waals surface area contributed by atoms with Gasteiger partial charge in [-0.3, -0.25) is 0 Å². The van der Waals surface area contributed by atoms with Crippen LogP contribution in [0.25, 0.3) is 0 Å². The third-order valence-electron chi connectivity index (χ3n) is 2.71. The second-order valence-corrected chi connectivity index (χ2v) is 6.78. The van der Waals surface area contributed by atoms with Crippen LogP contribution in [0.1, 0.15) is 39.5 Å². The second-order valence-electron chi connectivity index (χ2n) is 4.93. The highest BCUT2D eigenvalue weighted by Crippen LogP contribution is 2.28. The van der Waals surface area contributed by atoms with Gasteiger partial charge in [-0.1, -0.05) is 26.7 Å². The van der Waals surface area contributed by atoms with Gasteiger partial charge < -0.3 is 5.11 Å². The average Bonchev–Trinajstić information content (AvgIpc) is 2.48. The fourth-order valence-corrected chi connectivity index (χ4v) is 3.44. The molecule has 0 spiro atoms. The van der Waals surface area contributed by atoms with Crippen molar-refractivity contribution in [1.29, 1.82) is 0 Å². The minimum atomic E-state index is -3.22. The van der Waals surface area contributed by atoms with Crippen molar-refractivity contribution in [2.45, 2.75) is 45.1 Å². The second kappa shape index (κ2) is 4.80. The molecular weight excluding hydrogens is 214 g/mol. The van der Waals surface area contributed by atoms with Crippen LogP contribution in [0.5, 0.6) is 0 Å². The number of aliphatic hydroxyl groups is 1. The van der Waals surface area contributed by atoms with Crippen LogP contribution in [0.3, 0.4) is 0 Å². The van der Waals surface area contributed by atoms with Crippen LogP contribution in [0.15, 0.2) is 0 Å². The lowest BCUT2D eigenvalue weighted by molar-refractivity contribution is 0.0531. The summed E-state index contributed by atoms with van der Waals surface area (Å²) >= 11 is 0. The molecule has 0 aromatic rings. The molecule has 1 aliphatic carbocycles. The van der Waals surface area contributed by atoms with Gasteiger partial charge in [0.05, 0.1) is 11.4 Å². The Labute approximate surface area is 92.1 Å². The van der Waals surface area contributed by atoms with Gasteiger partial charge in [-0.25, -0.2) is 13.1 Å². The van der Waals surface area contributed by atoms with Crippen LogP contribution in [0.4, 0.5) is 0 Å². The maximum atomic E-state index is 11.5. The van der Waals surface area contributed by atoms with E-state index in [1.807, 2.05) is 13.8 Å². The highest BCUT2D eigenvalue weighted by atomic mass is 32.2. The van der Waals surface area contributed by atoms with E-state index in [1.54, 1.807) is 0 Å². The molecule has 0 aromatic heterocycles. The van der Waals surface area contributed by atoms with Gasteiger partial charge in [-0.05, 0) is 18.8 Å². The van der Waals surface area contributed by atoms with E-state index in [9.17, 15) is 13.5 Å². The quantitative estimate of drug-likeness (QED) is 0.743. The highest BCUT2D eigenvalue weighted by molar-refractivity contribution is 7.89. The first-order valence-electron chi connectivity index (χ1n) is 5.53. The summed E-state index contributed by atoms with van der Waals surface area (Å²) in [6.07, 6.45) is 3.39. The van der Waals surface area contributed by atoms with Crippen LogP contribution in [0, 0.1) is 5.92 Å². The van der Waals surface area contributed by atoms with Crippen LogP contribution in [-0.2, 0) is 10.0 Å². The minimum Gasteiger partial charge on any atom is -0.389 e. The molecule has 0 aromatic carbocycles. The molecule has 15 heavy (non-hydrogen) atoms. The zero-order valence-corrected chi connectivity index (χ0v) is 10.3. The van der Waals surface area contributed by atoms with Crippen molar-refractivity contribution < 1.29 is 13.5 Å². The van der Waals surface area contributed by atoms with Crippen molar-refractivity contribution in [3.8, 4) is 0 Å². The van der Waals surface area contributed by atoms with E-state index in [2.05, 4.69) is 4.72 Å². The summed E-state index contributed by atoms with van der Waals surface area (Å²) in [7, 11) is -3.22. The van der Waals surface area contributed by atoms with Crippen LogP contribution < -0.4 is 4.72 Å². The minimum absolute atomic E-state index is 0.112. The Kier molecular flexibility index (Phi) is 4.14. The molecule has 0 radical (unpaired) electrons. The molecule has 90 valence electrons. The summed E-state index contributed by atoms with van der Waals surface area (Å²) in [5, 5.41) is 9.96. The van der Waals surface area contributed by atoms with Gasteiger partial charge in [0.25, 0.3) is 0 Å². The average molecular weight is 235 g/mol. The van der Waals surface area contributed by atoms with Crippen molar-refractivity contribution in [2.75, 3.05) is 12.3 Å². The molecule has 1 rings (SSSR count). The molecule has 1 saturated carbocycles.